The van der Waals surface area contributed by atoms with Crippen LogP contribution in [-0.2, 0) is 0 Å². The van der Waals surface area contributed by atoms with Crippen molar-refractivity contribution in [2.24, 2.45) is 0 Å². The number of aromatic nitrogens is 2. The Kier molecular flexibility index (Phi) is 8.93. The second-order valence-electron chi connectivity index (χ2n) is 18.3. The van der Waals surface area contributed by atoms with Gasteiger partial charge in [0.05, 0.1) is 11.0 Å². The maximum Gasteiger partial charge on any atom is 0.145 e. The molecule has 1 heterocycles. The Morgan fingerprint density at radius 2 is 0.667 bits per heavy atom. The molecule has 0 amide bonds. The van der Waals surface area contributed by atoms with Gasteiger partial charge >= 0.3 is 0 Å². The molecule has 0 saturated heterocycles. The highest BCUT2D eigenvalue weighted by Gasteiger charge is 2.26. The number of imidazole rings is 1. The van der Waals surface area contributed by atoms with Gasteiger partial charge in [0.15, 0.2) is 0 Å². The van der Waals surface area contributed by atoms with E-state index in [2.05, 4.69) is 259 Å². The Morgan fingerprint density at radius 1 is 0.261 bits per heavy atom. The molecule has 0 fully saturated rings. The van der Waals surface area contributed by atoms with Crippen molar-refractivity contribution in [1.29, 1.82) is 0 Å². The molecule has 0 aliphatic rings. The summed E-state index contributed by atoms with van der Waals surface area (Å²) in [5.41, 5.74) is 13.3. The van der Waals surface area contributed by atoms with Crippen LogP contribution >= 0.6 is 0 Å². The number of hydrogen-bond acceptors (Lipinski definition) is 1. The van der Waals surface area contributed by atoms with Gasteiger partial charge in [0.1, 0.15) is 5.82 Å². The Balaban J connectivity index is 1.17. The van der Waals surface area contributed by atoms with Gasteiger partial charge in [-0.1, -0.05) is 200 Å². The van der Waals surface area contributed by atoms with Gasteiger partial charge in [0, 0.05) is 16.8 Å². The molecule has 0 N–H and O–H groups in total. The fraction of sp³-hybridized carbons (Fsp3) is 0. The molecule has 0 spiro atoms. The van der Waals surface area contributed by atoms with Crippen molar-refractivity contribution in [3.8, 4) is 61.6 Å². The highest BCUT2D eigenvalue weighted by Crippen LogP contribution is 2.50. The molecule has 0 aliphatic heterocycles. The standard InChI is InChI=1S/C67H42N2/c1-3-17-45(18-4-1)67-68-66-62(69(67)56-25-5-2-6-26-56)36-35-58(57-33-31-52-37-48-21-11-13-23-50(48)41-60(52)63(57)54-29-27-43-15-7-9-19-46(43)39-54)65(66)59-34-32-53-38-49-22-12-14-24-51(49)42-61(53)64(59)55-30-28-44-16-8-10-20-47(44)40-55/h1-42H. The Bertz CT molecular complexity index is 4350. The molecule has 0 saturated carbocycles. The molecule has 0 radical (unpaired) electrons. The van der Waals surface area contributed by atoms with Gasteiger partial charge in [0.2, 0.25) is 0 Å². The molecular formula is C67H42N2. The maximum absolute atomic E-state index is 5.85. The average Bonchev–Trinajstić information content (AvgIpc) is 3.81. The largest absolute Gasteiger partial charge is 0.292 e. The van der Waals surface area contributed by atoms with Crippen molar-refractivity contribution in [2.75, 3.05) is 0 Å². The minimum atomic E-state index is 0.897. The summed E-state index contributed by atoms with van der Waals surface area (Å²) in [6.07, 6.45) is 0. The summed E-state index contributed by atoms with van der Waals surface area (Å²) in [6.45, 7) is 0. The lowest BCUT2D eigenvalue weighted by Gasteiger charge is -2.21. The first kappa shape index (κ1) is 39.1. The normalized spacial score (nSPS) is 11.8. The van der Waals surface area contributed by atoms with Gasteiger partial charge in [0.25, 0.3) is 0 Å². The number of fused-ring (bicyclic) bond motifs is 7. The number of nitrogens with zero attached hydrogens (tertiary/aromatic N) is 2. The van der Waals surface area contributed by atoms with E-state index in [0.29, 0.717) is 0 Å². The lowest BCUT2D eigenvalue weighted by Crippen LogP contribution is -1.98. The first-order chi connectivity index (χ1) is 34.2. The van der Waals surface area contributed by atoms with E-state index in [1.165, 1.54) is 81.3 Å². The average molecular weight is 875 g/mol. The first-order valence-corrected chi connectivity index (χ1v) is 23.8. The van der Waals surface area contributed by atoms with E-state index in [1.807, 2.05) is 0 Å². The lowest BCUT2D eigenvalue weighted by atomic mass is 9.82. The van der Waals surface area contributed by atoms with Crippen LogP contribution in [0.2, 0.25) is 0 Å². The molecule has 14 rings (SSSR count). The summed E-state index contributed by atoms with van der Waals surface area (Å²) >= 11 is 0. The van der Waals surface area contributed by atoms with Crippen LogP contribution in [-0.4, -0.2) is 9.55 Å². The fourth-order valence-corrected chi connectivity index (χ4v) is 11.0. The van der Waals surface area contributed by atoms with Gasteiger partial charge in [-0.3, -0.25) is 4.57 Å². The van der Waals surface area contributed by atoms with Crippen molar-refractivity contribution in [3.05, 3.63) is 255 Å². The zero-order valence-electron chi connectivity index (χ0n) is 37.6. The Hall–Kier alpha value is -9.11. The molecule has 1 aromatic heterocycles. The van der Waals surface area contributed by atoms with E-state index in [-0.39, 0.29) is 0 Å². The highest BCUT2D eigenvalue weighted by molar-refractivity contribution is 6.17. The molecule has 2 heteroatoms. The van der Waals surface area contributed by atoms with Crippen molar-refractivity contribution >= 4 is 75.7 Å². The van der Waals surface area contributed by atoms with Crippen LogP contribution in [0.3, 0.4) is 0 Å². The van der Waals surface area contributed by atoms with Crippen molar-refractivity contribution in [1.82, 2.24) is 9.55 Å². The lowest BCUT2D eigenvalue weighted by molar-refractivity contribution is 1.10. The maximum atomic E-state index is 5.85. The van der Waals surface area contributed by atoms with Crippen molar-refractivity contribution in [3.63, 3.8) is 0 Å². The molecule has 0 atom stereocenters. The third kappa shape index (κ3) is 6.45. The van der Waals surface area contributed by atoms with Crippen LogP contribution in [0.25, 0.3) is 137 Å². The van der Waals surface area contributed by atoms with E-state index in [0.717, 1.165) is 55.9 Å². The third-order valence-electron chi connectivity index (χ3n) is 14.3. The number of rotatable bonds is 6. The molecule has 320 valence electrons. The quantitative estimate of drug-likeness (QED) is 0.152. The van der Waals surface area contributed by atoms with Crippen molar-refractivity contribution in [2.45, 2.75) is 0 Å². The van der Waals surface area contributed by atoms with E-state index < -0.39 is 0 Å². The fourth-order valence-electron chi connectivity index (χ4n) is 11.0. The molecule has 69 heavy (non-hydrogen) atoms. The van der Waals surface area contributed by atoms with Crippen LogP contribution in [0.5, 0.6) is 0 Å². The van der Waals surface area contributed by atoms with Gasteiger partial charge < -0.3 is 0 Å². The summed E-state index contributed by atoms with van der Waals surface area (Å²) in [6, 6.07) is 93.7. The number of para-hydroxylation sites is 1. The predicted molar refractivity (Wildman–Crippen MR) is 293 cm³/mol. The first-order valence-electron chi connectivity index (χ1n) is 23.8. The van der Waals surface area contributed by atoms with Gasteiger partial charge in [-0.2, -0.15) is 0 Å². The topological polar surface area (TPSA) is 17.8 Å². The highest BCUT2D eigenvalue weighted by atomic mass is 15.1. The van der Waals surface area contributed by atoms with Gasteiger partial charge in [-0.25, -0.2) is 4.98 Å². The SMILES string of the molecule is c1ccc(-c2nc3c(-c4ccc5cc6ccccc6cc5c4-c4ccc5ccccc5c4)c(-c4ccc5cc6ccccc6cc5c4-c4ccc5ccccc5c4)ccc3n2-c2ccccc2)cc1. The Labute approximate surface area is 399 Å². The van der Waals surface area contributed by atoms with Gasteiger partial charge in [-0.15, -0.1) is 0 Å². The zero-order valence-corrected chi connectivity index (χ0v) is 37.6. The molecule has 0 unspecified atom stereocenters. The summed E-state index contributed by atoms with van der Waals surface area (Å²) in [5.74, 6) is 0.897. The molecule has 13 aromatic carbocycles. The zero-order chi connectivity index (χ0) is 45.4. The van der Waals surface area contributed by atoms with E-state index in [1.54, 1.807) is 0 Å². The second kappa shape index (κ2) is 15.8. The Morgan fingerprint density at radius 3 is 1.22 bits per heavy atom. The minimum absolute atomic E-state index is 0.897. The van der Waals surface area contributed by atoms with Crippen LogP contribution in [0, 0.1) is 0 Å². The van der Waals surface area contributed by atoms with Crippen LogP contribution in [0.15, 0.2) is 255 Å². The molecule has 2 nitrogen and oxygen atoms in total. The summed E-state index contributed by atoms with van der Waals surface area (Å²) < 4.78 is 2.35. The van der Waals surface area contributed by atoms with Crippen LogP contribution < -0.4 is 0 Å². The van der Waals surface area contributed by atoms with E-state index >= 15 is 0 Å². The second-order valence-corrected chi connectivity index (χ2v) is 18.3. The minimum Gasteiger partial charge on any atom is -0.292 e. The smallest absolute Gasteiger partial charge is 0.145 e. The number of benzene rings is 13. The predicted octanol–water partition coefficient (Wildman–Crippen LogP) is 18.3. The summed E-state index contributed by atoms with van der Waals surface area (Å²) in [7, 11) is 0. The van der Waals surface area contributed by atoms with E-state index in [9.17, 15) is 0 Å². The number of hydrogen-bond donors (Lipinski definition) is 0. The third-order valence-corrected chi connectivity index (χ3v) is 14.3. The monoisotopic (exact) mass is 874 g/mol. The van der Waals surface area contributed by atoms with Crippen LogP contribution in [0.4, 0.5) is 0 Å². The van der Waals surface area contributed by atoms with Crippen molar-refractivity contribution < 1.29 is 0 Å². The van der Waals surface area contributed by atoms with Crippen LogP contribution in [0.1, 0.15) is 0 Å². The molecule has 14 aromatic rings. The summed E-state index contributed by atoms with van der Waals surface area (Å²) in [4.78, 5) is 5.85. The molecular weight excluding hydrogens is 833 g/mol. The molecule has 0 bridgehead atoms. The summed E-state index contributed by atoms with van der Waals surface area (Å²) in [5, 5.41) is 14.6. The van der Waals surface area contributed by atoms with Gasteiger partial charge in [-0.05, 0) is 158 Å². The van der Waals surface area contributed by atoms with E-state index in [4.69, 9.17) is 4.98 Å². The molecule has 0 aliphatic carbocycles.